The van der Waals surface area contributed by atoms with E-state index in [9.17, 15) is 15.3 Å². The predicted molar refractivity (Wildman–Crippen MR) is 50.8 cm³/mol. The molecule has 0 bridgehead atoms. The van der Waals surface area contributed by atoms with Gasteiger partial charge in [0.15, 0.2) is 6.10 Å². The van der Waals surface area contributed by atoms with E-state index in [2.05, 4.69) is 6.58 Å². The third kappa shape index (κ3) is 2.75. The summed E-state index contributed by atoms with van der Waals surface area (Å²) in [5, 5.41) is 39.0. The maximum absolute atomic E-state index is 9.57. The Morgan fingerprint density at radius 2 is 1.87 bits per heavy atom. The smallest absolute Gasteiger partial charge is 0.220 e. The molecule has 1 aliphatic heterocycles. The molecule has 5 atom stereocenters. The van der Waals surface area contributed by atoms with Crippen LogP contribution in [0.5, 0.6) is 0 Å². The fourth-order valence-corrected chi connectivity index (χ4v) is 1.56. The van der Waals surface area contributed by atoms with E-state index in [4.69, 9.17) is 9.84 Å². The van der Waals surface area contributed by atoms with E-state index in [-0.39, 0.29) is 0 Å². The van der Waals surface area contributed by atoms with Gasteiger partial charge in [-0.3, -0.25) is 0 Å². The third-order valence-corrected chi connectivity index (χ3v) is 2.46. The van der Waals surface area contributed by atoms with Crippen molar-refractivity contribution in [1.82, 2.24) is 0 Å². The number of rotatable bonds is 4. The van der Waals surface area contributed by atoms with Gasteiger partial charge in [-0.1, -0.05) is 6.58 Å². The standard InChI is InChI=1S/C9H17NO5/c1-2-3-10-9-8(14)7(13)6(12)5(4-11)15-9/h2,5-14H,1,3-4H2/p+1/t5-,6+,7+,8-,9+/m0/s1. The highest BCUT2D eigenvalue weighted by Crippen LogP contribution is 2.17. The largest absolute Gasteiger partial charge is 0.394 e. The molecule has 1 saturated heterocycles. The van der Waals surface area contributed by atoms with Gasteiger partial charge >= 0.3 is 0 Å². The van der Waals surface area contributed by atoms with Gasteiger partial charge in [0.2, 0.25) is 6.23 Å². The summed E-state index contributed by atoms with van der Waals surface area (Å²) in [5.74, 6) is 0. The van der Waals surface area contributed by atoms with Crippen LogP contribution in [0, 0.1) is 0 Å². The molecule has 0 aromatic carbocycles. The number of hydrogen-bond donors (Lipinski definition) is 5. The van der Waals surface area contributed by atoms with E-state index in [0.717, 1.165) is 0 Å². The van der Waals surface area contributed by atoms with Crippen LogP contribution in [0.2, 0.25) is 0 Å². The Morgan fingerprint density at radius 1 is 1.20 bits per heavy atom. The summed E-state index contributed by atoms with van der Waals surface area (Å²) in [6.07, 6.45) is -3.68. The molecule has 0 amide bonds. The first-order chi connectivity index (χ1) is 7.11. The lowest BCUT2D eigenvalue weighted by molar-refractivity contribution is -0.736. The summed E-state index contributed by atoms with van der Waals surface area (Å²) in [5.41, 5.74) is 0. The van der Waals surface area contributed by atoms with Gasteiger partial charge in [-0.05, 0) is 6.08 Å². The van der Waals surface area contributed by atoms with Gasteiger partial charge < -0.3 is 30.5 Å². The second kappa shape index (κ2) is 5.55. The third-order valence-electron chi connectivity index (χ3n) is 2.46. The molecule has 1 rings (SSSR count). The van der Waals surface area contributed by atoms with Crippen molar-refractivity contribution in [2.45, 2.75) is 30.6 Å². The topological polar surface area (TPSA) is 107 Å². The molecule has 0 aliphatic carbocycles. The fraction of sp³-hybridized carbons (Fsp3) is 0.778. The van der Waals surface area contributed by atoms with Crippen LogP contribution < -0.4 is 5.32 Å². The van der Waals surface area contributed by atoms with Crippen LogP contribution in [0.15, 0.2) is 12.7 Å². The molecule has 0 saturated carbocycles. The molecule has 1 aliphatic rings. The summed E-state index contributed by atoms with van der Waals surface area (Å²) < 4.78 is 5.22. The first kappa shape index (κ1) is 12.6. The Kier molecular flexibility index (Phi) is 4.65. The van der Waals surface area contributed by atoms with Crippen molar-refractivity contribution in [3.63, 3.8) is 0 Å². The summed E-state index contributed by atoms with van der Waals surface area (Å²) in [6, 6.07) is 0. The Bertz CT molecular complexity index is 211. The van der Waals surface area contributed by atoms with E-state index in [1.165, 1.54) is 0 Å². The van der Waals surface area contributed by atoms with Crippen LogP contribution in [0.4, 0.5) is 0 Å². The molecule has 6 nitrogen and oxygen atoms in total. The van der Waals surface area contributed by atoms with E-state index in [0.29, 0.717) is 6.54 Å². The molecule has 6 N–H and O–H groups in total. The van der Waals surface area contributed by atoms with Crippen LogP contribution in [-0.4, -0.2) is 64.2 Å². The first-order valence-electron chi connectivity index (χ1n) is 4.86. The minimum atomic E-state index is -1.30. The molecule has 1 heterocycles. The number of ether oxygens (including phenoxy) is 1. The van der Waals surface area contributed by atoms with E-state index in [1.807, 2.05) is 0 Å². The zero-order valence-electron chi connectivity index (χ0n) is 8.36. The van der Waals surface area contributed by atoms with Crippen molar-refractivity contribution in [2.24, 2.45) is 0 Å². The number of quaternary nitrogens is 1. The highest BCUT2D eigenvalue weighted by Gasteiger charge is 2.45. The van der Waals surface area contributed by atoms with Crippen molar-refractivity contribution in [3.8, 4) is 0 Å². The van der Waals surface area contributed by atoms with Crippen LogP contribution in [-0.2, 0) is 4.74 Å². The Morgan fingerprint density at radius 3 is 2.40 bits per heavy atom. The van der Waals surface area contributed by atoms with Gasteiger partial charge in [-0.2, -0.15) is 0 Å². The Balaban J connectivity index is 2.60. The molecule has 0 unspecified atom stereocenters. The molecule has 15 heavy (non-hydrogen) atoms. The molecule has 0 aromatic rings. The number of nitrogens with two attached hydrogens (primary N) is 1. The summed E-state index contributed by atoms with van der Waals surface area (Å²) in [7, 11) is 0. The Hall–Kier alpha value is -0.500. The van der Waals surface area contributed by atoms with Crippen molar-refractivity contribution in [2.75, 3.05) is 13.2 Å². The predicted octanol–water partition coefficient (Wildman–Crippen LogP) is -3.46. The van der Waals surface area contributed by atoms with Crippen molar-refractivity contribution in [1.29, 1.82) is 0 Å². The van der Waals surface area contributed by atoms with Crippen LogP contribution in [0.1, 0.15) is 0 Å². The quantitative estimate of drug-likeness (QED) is 0.317. The highest BCUT2D eigenvalue weighted by atomic mass is 16.6. The summed E-state index contributed by atoms with van der Waals surface area (Å²) in [4.78, 5) is 0. The van der Waals surface area contributed by atoms with E-state index in [1.54, 1.807) is 11.4 Å². The van der Waals surface area contributed by atoms with E-state index < -0.39 is 37.3 Å². The molecule has 1 fully saturated rings. The normalized spacial score (nSPS) is 41.5. The summed E-state index contributed by atoms with van der Waals surface area (Å²) >= 11 is 0. The van der Waals surface area contributed by atoms with Crippen molar-refractivity contribution in [3.05, 3.63) is 12.7 Å². The molecule has 88 valence electrons. The summed E-state index contributed by atoms with van der Waals surface area (Å²) in [6.45, 7) is 3.63. The van der Waals surface area contributed by atoms with Crippen LogP contribution in [0.3, 0.4) is 0 Å². The maximum Gasteiger partial charge on any atom is 0.220 e. The molecule has 0 spiro atoms. The minimum absolute atomic E-state index is 0.399. The number of aliphatic hydroxyl groups is 4. The van der Waals surface area contributed by atoms with Gasteiger partial charge in [0.05, 0.1) is 13.2 Å². The number of aliphatic hydroxyl groups excluding tert-OH is 4. The molecular formula is C9H18NO5+. The van der Waals surface area contributed by atoms with E-state index >= 15 is 0 Å². The van der Waals surface area contributed by atoms with Crippen molar-refractivity contribution < 1.29 is 30.5 Å². The van der Waals surface area contributed by atoms with Crippen LogP contribution >= 0.6 is 0 Å². The highest BCUT2D eigenvalue weighted by molar-refractivity contribution is 4.88. The van der Waals surface area contributed by atoms with Gasteiger partial charge in [0.25, 0.3) is 0 Å². The lowest BCUT2D eigenvalue weighted by atomic mass is 9.98. The average molecular weight is 220 g/mol. The lowest BCUT2D eigenvalue weighted by Crippen LogP contribution is -2.95. The Labute approximate surface area is 87.8 Å². The number of hydrogen-bond acceptors (Lipinski definition) is 5. The second-order valence-electron chi connectivity index (χ2n) is 3.55. The van der Waals surface area contributed by atoms with Crippen molar-refractivity contribution >= 4 is 0 Å². The van der Waals surface area contributed by atoms with Gasteiger partial charge in [0, 0.05) is 0 Å². The maximum atomic E-state index is 9.57. The molecule has 0 aromatic heterocycles. The molecular weight excluding hydrogens is 202 g/mol. The minimum Gasteiger partial charge on any atom is -0.394 e. The zero-order chi connectivity index (χ0) is 11.4. The average Bonchev–Trinajstić information content (AvgIpc) is 2.25. The van der Waals surface area contributed by atoms with Gasteiger partial charge in [-0.15, -0.1) is 0 Å². The molecule has 0 radical (unpaired) electrons. The molecule has 6 heteroatoms. The first-order valence-corrected chi connectivity index (χ1v) is 4.86. The van der Waals surface area contributed by atoms with Gasteiger partial charge in [0.1, 0.15) is 18.3 Å². The monoisotopic (exact) mass is 220 g/mol. The SMILES string of the molecule is C=CC[NH2+][C@@H]1O[C@@H](CO)[C@@H](O)[C@@H](O)[C@@H]1O. The van der Waals surface area contributed by atoms with Gasteiger partial charge in [-0.25, -0.2) is 0 Å². The zero-order valence-corrected chi connectivity index (χ0v) is 8.36. The fourth-order valence-electron chi connectivity index (χ4n) is 1.56. The second-order valence-corrected chi connectivity index (χ2v) is 3.55. The van der Waals surface area contributed by atoms with Crippen LogP contribution in [0.25, 0.3) is 0 Å². The lowest BCUT2D eigenvalue weighted by Gasteiger charge is -2.38.